The lowest BCUT2D eigenvalue weighted by atomic mass is 9.96. The van der Waals surface area contributed by atoms with Crippen LogP contribution in [0.4, 0.5) is 0 Å². The van der Waals surface area contributed by atoms with Gasteiger partial charge < -0.3 is 13.3 Å². The third-order valence-corrected chi connectivity index (χ3v) is 26.1. The summed E-state index contributed by atoms with van der Waals surface area (Å²) in [6.07, 6.45) is 0. The van der Waals surface area contributed by atoms with Crippen LogP contribution < -0.4 is 0 Å². The van der Waals surface area contributed by atoms with Gasteiger partial charge in [-0.05, 0) is 179 Å². The Morgan fingerprint density at radius 3 is 0.688 bits per heavy atom. The molecule has 6 aromatic heterocycles. The molecule has 27 aromatic rings. The molecule has 0 saturated heterocycles. The summed E-state index contributed by atoms with van der Waals surface area (Å²) in [6, 6.07) is 169. The van der Waals surface area contributed by atoms with E-state index in [2.05, 4.69) is 273 Å². The summed E-state index contributed by atoms with van der Waals surface area (Å²) in [7, 11) is 0. The molecule has 0 radical (unpaired) electrons. The number of aromatic nitrogens is 9. The lowest BCUT2D eigenvalue weighted by Gasteiger charge is -2.11. The highest BCUT2D eigenvalue weighted by Gasteiger charge is 2.22. The molecule has 0 atom stereocenters. The zero-order valence-electron chi connectivity index (χ0n) is 76.0. The van der Waals surface area contributed by atoms with Gasteiger partial charge in [-0.25, -0.2) is 44.9 Å². The monoisotopic (exact) mass is 1800 g/mol. The van der Waals surface area contributed by atoms with E-state index < -0.39 is 0 Å². The van der Waals surface area contributed by atoms with Gasteiger partial charge in [-0.15, -0.1) is 0 Å². The van der Waals surface area contributed by atoms with Crippen LogP contribution in [-0.4, -0.2) is 44.9 Å². The summed E-state index contributed by atoms with van der Waals surface area (Å²) in [5.74, 6) is 3.99. The van der Waals surface area contributed by atoms with Crippen LogP contribution in [0.25, 0.3) is 267 Å². The van der Waals surface area contributed by atoms with Gasteiger partial charge in [0.2, 0.25) is 17.7 Å². The van der Waals surface area contributed by atoms with Crippen molar-refractivity contribution in [2.45, 2.75) is 0 Å². The molecule has 12 heteroatoms. The number of oxazole rings is 3. The van der Waals surface area contributed by atoms with Crippen LogP contribution in [0.5, 0.6) is 0 Å². The summed E-state index contributed by atoms with van der Waals surface area (Å²) >= 11 is 0. The Bertz CT molecular complexity index is 9190. The van der Waals surface area contributed by atoms with Gasteiger partial charge in [0.05, 0.1) is 34.2 Å². The van der Waals surface area contributed by atoms with E-state index >= 15 is 0 Å². The number of rotatable bonds is 15. The first-order valence-electron chi connectivity index (χ1n) is 47.1. The molecule has 660 valence electrons. The fraction of sp³-hybridized carbons (Fsp3) is 0. The molecule has 0 saturated carbocycles. The van der Waals surface area contributed by atoms with Crippen LogP contribution in [0, 0.1) is 0 Å². The van der Waals surface area contributed by atoms with Crippen molar-refractivity contribution < 1.29 is 13.3 Å². The molecule has 21 aromatic carbocycles. The fourth-order valence-corrected chi connectivity index (χ4v) is 19.0. The van der Waals surface area contributed by atoms with Crippen molar-refractivity contribution in [2.75, 3.05) is 0 Å². The molecular formula is C129H81N9O3. The maximum absolute atomic E-state index is 6.23. The van der Waals surface area contributed by atoms with Gasteiger partial charge in [-0.3, -0.25) is 0 Å². The molecule has 141 heavy (non-hydrogen) atoms. The van der Waals surface area contributed by atoms with E-state index in [1.165, 1.54) is 0 Å². The smallest absolute Gasteiger partial charge is 0.227 e. The Labute approximate surface area is 811 Å². The zero-order chi connectivity index (χ0) is 93.5. The van der Waals surface area contributed by atoms with Crippen molar-refractivity contribution in [3.8, 4) is 169 Å². The van der Waals surface area contributed by atoms with E-state index in [1.54, 1.807) is 0 Å². The van der Waals surface area contributed by atoms with Crippen LogP contribution in [0.15, 0.2) is 505 Å². The van der Waals surface area contributed by atoms with E-state index in [0.29, 0.717) is 35.1 Å². The van der Waals surface area contributed by atoms with E-state index in [-0.39, 0.29) is 0 Å². The molecule has 0 spiro atoms. The second-order valence-electron chi connectivity index (χ2n) is 35.0. The van der Waals surface area contributed by atoms with Crippen molar-refractivity contribution in [1.82, 2.24) is 44.9 Å². The third kappa shape index (κ3) is 16.7. The summed E-state index contributed by atoms with van der Waals surface area (Å²) in [6.45, 7) is 0. The zero-order valence-corrected chi connectivity index (χ0v) is 76.0. The van der Waals surface area contributed by atoms with Crippen LogP contribution in [-0.2, 0) is 0 Å². The van der Waals surface area contributed by atoms with Crippen LogP contribution in [0.1, 0.15) is 0 Å². The standard InChI is InChI=1S/3C43H27N3O/c1-4-11-28(12-5-1)37-27-38(29-13-6-2-7-14-29)45-42(44-37)35-18-10-17-32(26-35)33-21-23-36-34(25-33)20-19-30-22-24-39-41(40(30)36)46-43(47-39)31-15-8-3-9-16-31;1-4-10-30(11-5-1)37-27-38(31-12-6-2-7-13-31)45-42(44-37)33-21-16-28(17-22-33)35-23-19-29-18-20-32-24-25-39-41(40(32)36(29)26-35)46-43(47-39)34-14-8-3-9-15-34;1-4-10-29(11-5-1)37-27-38(30-12-6-2-7-13-30)45-42(44-37)32-19-16-28(17-20-32)34-22-24-36-35(26-34)21-18-31-23-25-39-41(40(31)36)46-43(47-39)33-14-8-3-9-15-33/h3*1-27H. The fourth-order valence-electron chi connectivity index (χ4n) is 19.0. The Balaban J connectivity index is 0.000000111. The van der Waals surface area contributed by atoms with Crippen molar-refractivity contribution in [3.05, 3.63) is 491 Å². The van der Waals surface area contributed by atoms with E-state index in [0.717, 1.165) is 232 Å². The average molecular weight is 1810 g/mol. The molecule has 0 aliphatic rings. The van der Waals surface area contributed by atoms with E-state index in [9.17, 15) is 0 Å². The maximum Gasteiger partial charge on any atom is 0.227 e. The van der Waals surface area contributed by atoms with Gasteiger partial charge >= 0.3 is 0 Å². The lowest BCUT2D eigenvalue weighted by molar-refractivity contribution is 0.619. The molecule has 0 aliphatic carbocycles. The molecule has 0 amide bonds. The molecule has 12 nitrogen and oxygen atoms in total. The summed E-state index contributed by atoms with van der Waals surface area (Å²) in [5, 5.41) is 13.6. The van der Waals surface area contributed by atoms with Gasteiger partial charge in [-0.2, -0.15) is 0 Å². The molecule has 0 N–H and O–H groups in total. The predicted molar refractivity (Wildman–Crippen MR) is 575 cm³/mol. The Morgan fingerprint density at radius 1 is 0.128 bits per heavy atom. The third-order valence-electron chi connectivity index (χ3n) is 26.1. The molecule has 0 unspecified atom stereocenters. The number of benzene rings is 21. The van der Waals surface area contributed by atoms with Gasteiger partial charge in [-0.1, -0.05) is 394 Å². The molecule has 0 fully saturated rings. The minimum Gasteiger partial charge on any atom is -0.436 e. The SMILES string of the molecule is c1ccc(-c2cc(-c3ccccc3)nc(-c3ccc(-c4ccc5c(ccc6ccc7oc(-c8ccccc8)nc7c65)c4)cc3)n2)cc1.c1ccc(-c2cc(-c3ccccc3)nc(-c3ccc(-c4ccc5ccc6ccc7oc(-c8ccccc8)nc7c6c5c4)cc3)n2)cc1.c1ccc(-c2cc(-c3ccccc3)nc(-c3cccc(-c4ccc5c(ccc6ccc7oc(-c8ccccc8)nc7c65)c4)c3)n2)cc1. The molecule has 6 heterocycles. The minimum absolute atomic E-state index is 0.630. The predicted octanol–water partition coefficient (Wildman–Crippen LogP) is 33.8. The van der Waals surface area contributed by atoms with E-state index in [1.807, 2.05) is 218 Å². The van der Waals surface area contributed by atoms with Crippen LogP contribution in [0.3, 0.4) is 0 Å². The minimum atomic E-state index is 0.630. The highest BCUT2D eigenvalue weighted by molar-refractivity contribution is 6.22. The van der Waals surface area contributed by atoms with Gasteiger partial charge in [0, 0.05) is 82.9 Å². The van der Waals surface area contributed by atoms with Crippen molar-refractivity contribution >= 4 is 97.9 Å². The second-order valence-corrected chi connectivity index (χ2v) is 35.0. The Kier molecular flexibility index (Phi) is 21.7. The normalized spacial score (nSPS) is 11.4. The van der Waals surface area contributed by atoms with Crippen molar-refractivity contribution in [3.63, 3.8) is 0 Å². The topological polar surface area (TPSA) is 155 Å². The van der Waals surface area contributed by atoms with Crippen LogP contribution in [0.2, 0.25) is 0 Å². The highest BCUT2D eigenvalue weighted by atomic mass is 16.4. The maximum atomic E-state index is 6.23. The quantitative estimate of drug-likeness (QED) is 0.0897. The lowest BCUT2D eigenvalue weighted by Crippen LogP contribution is -1.96. The largest absolute Gasteiger partial charge is 0.436 e. The molecule has 27 rings (SSSR count). The summed E-state index contributed by atoms with van der Waals surface area (Å²) in [4.78, 5) is 45.0. The first kappa shape index (κ1) is 83.6. The Hall–Kier alpha value is -19.2. The molecule has 0 aliphatic heterocycles. The van der Waals surface area contributed by atoms with Gasteiger partial charge in [0.15, 0.2) is 34.2 Å². The molecular weight excluding hydrogens is 1720 g/mol. The van der Waals surface area contributed by atoms with Gasteiger partial charge in [0.25, 0.3) is 0 Å². The average Bonchev–Trinajstić information content (AvgIpc) is 1.66. The van der Waals surface area contributed by atoms with E-state index in [4.69, 9.17) is 58.1 Å². The first-order valence-corrected chi connectivity index (χ1v) is 47.1. The second kappa shape index (κ2) is 36.6. The Morgan fingerprint density at radius 2 is 0.355 bits per heavy atom. The number of hydrogen-bond donors (Lipinski definition) is 0. The summed E-state index contributed by atoms with van der Waals surface area (Å²) < 4.78 is 18.6. The van der Waals surface area contributed by atoms with Gasteiger partial charge in [0.1, 0.15) is 16.6 Å². The number of hydrogen-bond acceptors (Lipinski definition) is 12. The first-order chi connectivity index (χ1) is 69.8. The molecule has 0 bridgehead atoms. The van der Waals surface area contributed by atoms with Crippen molar-refractivity contribution in [2.24, 2.45) is 0 Å². The summed E-state index contributed by atoms with van der Waals surface area (Å²) in [5.41, 5.74) is 29.3. The van der Waals surface area contributed by atoms with Crippen LogP contribution >= 0.6 is 0 Å². The highest BCUT2D eigenvalue weighted by Crippen LogP contribution is 2.44. The number of nitrogens with zero attached hydrogens (tertiary/aromatic N) is 9. The van der Waals surface area contributed by atoms with Crippen molar-refractivity contribution in [1.29, 1.82) is 0 Å². The number of fused-ring (bicyclic) bond motifs is 15.